The molecule has 0 atom stereocenters. The Hall–Kier alpha value is -3.21. The summed E-state index contributed by atoms with van der Waals surface area (Å²) >= 11 is 0. The minimum atomic E-state index is -0.495. The number of benzene rings is 2. The monoisotopic (exact) mass is 319 g/mol. The fourth-order valence-electron chi connectivity index (χ4n) is 3.17. The van der Waals surface area contributed by atoms with E-state index in [-0.39, 0.29) is 5.82 Å². The number of carbonyl (C=O) groups is 1. The van der Waals surface area contributed by atoms with Gasteiger partial charge in [0.15, 0.2) is 0 Å². The van der Waals surface area contributed by atoms with Crippen LogP contribution in [0.2, 0.25) is 0 Å². The summed E-state index contributed by atoms with van der Waals surface area (Å²) in [5.74, 6) is -0.816. The van der Waals surface area contributed by atoms with Crippen LogP contribution in [-0.4, -0.2) is 15.5 Å². The van der Waals surface area contributed by atoms with Crippen LogP contribution in [0.15, 0.2) is 60.9 Å². The highest BCUT2D eigenvalue weighted by Gasteiger charge is 2.16. The van der Waals surface area contributed by atoms with Gasteiger partial charge in [-0.3, -0.25) is 9.78 Å². The molecule has 4 aromatic rings. The van der Waals surface area contributed by atoms with E-state index in [1.54, 1.807) is 30.6 Å². The molecule has 5 heteroatoms. The van der Waals surface area contributed by atoms with E-state index in [9.17, 15) is 9.18 Å². The Labute approximate surface area is 137 Å². The van der Waals surface area contributed by atoms with Crippen LogP contribution in [0.25, 0.3) is 21.8 Å². The summed E-state index contributed by atoms with van der Waals surface area (Å²) in [4.78, 5) is 15.9. The third kappa shape index (κ3) is 2.22. The van der Waals surface area contributed by atoms with E-state index in [2.05, 4.69) is 4.98 Å². The predicted molar refractivity (Wildman–Crippen MR) is 91.3 cm³/mol. The van der Waals surface area contributed by atoms with E-state index in [0.29, 0.717) is 12.1 Å². The van der Waals surface area contributed by atoms with Crippen molar-refractivity contribution in [1.29, 1.82) is 0 Å². The van der Waals surface area contributed by atoms with Gasteiger partial charge in [-0.05, 0) is 42.0 Å². The lowest BCUT2D eigenvalue weighted by Gasteiger charge is -2.07. The van der Waals surface area contributed by atoms with Crippen LogP contribution in [-0.2, 0) is 6.54 Å². The van der Waals surface area contributed by atoms with Crippen molar-refractivity contribution in [3.8, 4) is 0 Å². The van der Waals surface area contributed by atoms with E-state index in [1.807, 2.05) is 22.8 Å². The van der Waals surface area contributed by atoms with Gasteiger partial charge in [-0.25, -0.2) is 4.39 Å². The molecule has 2 N–H and O–H groups in total. The maximum atomic E-state index is 13.8. The highest BCUT2D eigenvalue weighted by Crippen LogP contribution is 2.32. The summed E-state index contributed by atoms with van der Waals surface area (Å²) < 4.78 is 15.8. The average Bonchev–Trinajstić information content (AvgIpc) is 2.89. The highest BCUT2D eigenvalue weighted by atomic mass is 19.1. The summed E-state index contributed by atoms with van der Waals surface area (Å²) in [5.41, 5.74) is 8.53. The van der Waals surface area contributed by atoms with Gasteiger partial charge >= 0.3 is 0 Å². The van der Waals surface area contributed by atoms with Crippen molar-refractivity contribution in [3.05, 3.63) is 77.9 Å². The van der Waals surface area contributed by atoms with Crippen LogP contribution in [0, 0.1) is 5.82 Å². The average molecular weight is 319 g/mol. The second kappa shape index (κ2) is 5.45. The number of aromatic nitrogens is 2. The van der Waals surface area contributed by atoms with Gasteiger partial charge in [0.25, 0.3) is 0 Å². The van der Waals surface area contributed by atoms with E-state index >= 15 is 0 Å². The van der Waals surface area contributed by atoms with Crippen molar-refractivity contribution >= 4 is 27.7 Å². The van der Waals surface area contributed by atoms with Gasteiger partial charge in [-0.15, -0.1) is 0 Å². The normalized spacial score (nSPS) is 11.2. The minimum Gasteiger partial charge on any atom is -0.366 e. The number of halogens is 1. The summed E-state index contributed by atoms with van der Waals surface area (Å²) in [5, 5.41) is 1.56. The zero-order valence-corrected chi connectivity index (χ0v) is 12.7. The number of fused-ring (bicyclic) bond motifs is 3. The maximum Gasteiger partial charge on any atom is 0.249 e. The lowest BCUT2D eigenvalue weighted by atomic mass is 10.1. The molecule has 0 bridgehead atoms. The molecule has 0 aliphatic heterocycles. The molecular formula is C19H14FN3O. The van der Waals surface area contributed by atoms with Gasteiger partial charge in [0.05, 0.1) is 11.0 Å². The number of hydrogen-bond donors (Lipinski definition) is 1. The van der Waals surface area contributed by atoms with Crippen molar-refractivity contribution in [1.82, 2.24) is 9.55 Å². The van der Waals surface area contributed by atoms with E-state index in [4.69, 9.17) is 5.73 Å². The van der Waals surface area contributed by atoms with Gasteiger partial charge in [-0.2, -0.15) is 0 Å². The van der Waals surface area contributed by atoms with E-state index in [0.717, 1.165) is 27.4 Å². The third-order valence-electron chi connectivity index (χ3n) is 4.18. The van der Waals surface area contributed by atoms with Crippen LogP contribution < -0.4 is 5.73 Å². The zero-order valence-electron chi connectivity index (χ0n) is 12.7. The number of amides is 1. The summed E-state index contributed by atoms with van der Waals surface area (Å²) in [6, 6.07) is 13.8. The zero-order chi connectivity index (χ0) is 16.7. The van der Waals surface area contributed by atoms with Crippen LogP contribution in [0.5, 0.6) is 0 Å². The SMILES string of the molecule is NC(=O)c1cccc2c1c1ccc(F)cc1n2Cc1cccnc1. The highest BCUT2D eigenvalue weighted by molar-refractivity contribution is 6.17. The number of carbonyl (C=O) groups excluding carboxylic acids is 1. The smallest absolute Gasteiger partial charge is 0.249 e. The Kier molecular flexibility index (Phi) is 3.27. The third-order valence-corrected chi connectivity index (χ3v) is 4.18. The molecule has 0 saturated heterocycles. The number of pyridine rings is 1. The topological polar surface area (TPSA) is 60.9 Å². The quantitative estimate of drug-likeness (QED) is 0.628. The number of nitrogens with two attached hydrogens (primary N) is 1. The van der Waals surface area contributed by atoms with Crippen molar-refractivity contribution in [3.63, 3.8) is 0 Å². The van der Waals surface area contributed by atoms with Gasteiger partial charge in [-0.1, -0.05) is 12.1 Å². The van der Waals surface area contributed by atoms with Gasteiger partial charge in [0, 0.05) is 35.3 Å². The first kappa shape index (κ1) is 14.4. The van der Waals surface area contributed by atoms with Crippen LogP contribution in [0.4, 0.5) is 4.39 Å². The molecule has 1 amide bonds. The molecule has 0 radical (unpaired) electrons. The van der Waals surface area contributed by atoms with Crippen molar-refractivity contribution in [2.45, 2.75) is 6.54 Å². The second-order valence-corrected chi connectivity index (χ2v) is 5.67. The maximum absolute atomic E-state index is 13.8. The fourth-order valence-corrected chi connectivity index (χ4v) is 3.17. The number of rotatable bonds is 3. The van der Waals surface area contributed by atoms with Gasteiger partial charge < -0.3 is 10.3 Å². The molecule has 0 spiro atoms. The Balaban J connectivity index is 2.08. The van der Waals surface area contributed by atoms with Crippen LogP contribution >= 0.6 is 0 Å². The molecule has 4 nitrogen and oxygen atoms in total. The first-order valence-electron chi connectivity index (χ1n) is 7.54. The van der Waals surface area contributed by atoms with E-state index < -0.39 is 5.91 Å². The number of primary amides is 1. The van der Waals surface area contributed by atoms with Crippen molar-refractivity contribution in [2.75, 3.05) is 0 Å². The molecule has 0 saturated carbocycles. The van der Waals surface area contributed by atoms with Crippen molar-refractivity contribution in [2.24, 2.45) is 5.73 Å². The first-order chi connectivity index (χ1) is 11.6. The standard InChI is InChI=1S/C19H14FN3O/c20-13-6-7-14-17(9-13)23(11-12-3-2-8-22-10-12)16-5-1-4-15(18(14)16)19(21)24/h1-10H,11H2,(H2,21,24). The van der Waals surface area contributed by atoms with Crippen molar-refractivity contribution < 1.29 is 9.18 Å². The lowest BCUT2D eigenvalue weighted by Crippen LogP contribution is -2.11. The molecule has 2 heterocycles. The molecule has 0 aliphatic rings. The summed E-state index contributed by atoms with van der Waals surface area (Å²) in [6.45, 7) is 0.527. The Bertz CT molecular complexity index is 1070. The molecule has 0 fully saturated rings. The predicted octanol–water partition coefficient (Wildman–Crippen LogP) is 3.48. The Morgan fingerprint density at radius 3 is 2.75 bits per heavy atom. The molecule has 2 aromatic heterocycles. The molecule has 0 aliphatic carbocycles. The largest absolute Gasteiger partial charge is 0.366 e. The fraction of sp³-hybridized carbons (Fsp3) is 0.0526. The van der Waals surface area contributed by atoms with Crippen LogP contribution in [0.1, 0.15) is 15.9 Å². The molecule has 2 aromatic carbocycles. The number of hydrogen-bond acceptors (Lipinski definition) is 2. The minimum absolute atomic E-state index is 0.321. The Morgan fingerprint density at radius 2 is 2.00 bits per heavy atom. The molecule has 24 heavy (non-hydrogen) atoms. The molecule has 118 valence electrons. The number of nitrogens with zero attached hydrogens (tertiary/aromatic N) is 2. The van der Waals surface area contributed by atoms with Gasteiger partial charge in [0.1, 0.15) is 5.82 Å². The summed E-state index contributed by atoms with van der Waals surface area (Å²) in [6.07, 6.45) is 3.48. The van der Waals surface area contributed by atoms with E-state index in [1.165, 1.54) is 12.1 Å². The lowest BCUT2D eigenvalue weighted by molar-refractivity contribution is 0.100. The second-order valence-electron chi connectivity index (χ2n) is 5.67. The van der Waals surface area contributed by atoms with Gasteiger partial charge in [0.2, 0.25) is 5.91 Å². The van der Waals surface area contributed by atoms with Crippen LogP contribution in [0.3, 0.4) is 0 Å². The molecule has 0 unspecified atom stereocenters. The molecular weight excluding hydrogens is 305 g/mol. The molecule has 4 rings (SSSR count). The Morgan fingerprint density at radius 1 is 1.12 bits per heavy atom. The summed E-state index contributed by atoms with van der Waals surface area (Å²) in [7, 11) is 0. The first-order valence-corrected chi connectivity index (χ1v) is 7.54.